The molecule has 0 aliphatic carbocycles. The second-order valence-electron chi connectivity index (χ2n) is 15.0. The Bertz CT molecular complexity index is 2150. The monoisotopic (exact) mass is 769 g/mol. The Balaban J connectivity index is 1.02. The fourth-order valence-electron chi connectivity index (χ4n) is 7.48. The van der Waals surface area contributed by atoms with E-state index in [4.69, 9.17) is 4.98 Å². The molecule has 6 heterocycles. The van der Waals surface area contributed by atoms with E-state index in [1.807, 2.05) is 62.8 Å². The number of thiazole rings is 1. The number of aromatic nitrogens is 7. The van der Waals surface area contributed by atoms with Gasteiger partial charge in [-0.3, -0.25) is 23.6 Å². The molecule has 0 bridgehead atoms. The number of hydrogen-bond donors (Lipinski definition) is 4. The van der Waals surface area contributed by atoms with Crippen molar-refractivity contribution in [2.75, 3.05) is 19.7 Å². The molecule has 16 nitrogen and oxygen atoms in total. The van der Waals surface area contributed by atoms with Gasteiger partial charge in [-0.05, 0) is 48.6 Å². The predicted octanol–water partition coefficient (Wildman–Crippen LogP) is 3.79. The molecule has 2 aliphatic rings. The molecule has 2 fully saturated rings. The summed E-state index contributed by atoms with van der Waals surface area (Å²) < 4.78 is 3.70. The topological polar surface area (TPSA) is 196 Å². The van der Waals surface area contributed by atoms with E-state index < -0.39 is 24.6 Å². The highest BCUT2D eigenvalue weighted by molar-refractivity contribution is 7.20. The number of nitrogens with zero attached hydrogens (tertiary/aromatic N) is 8. The number of H-pyrrole nitrogens is 1. The molecule has 290 valence electrons. The molecular weight excluding hydrogens is 723 g/mol. The molecule has 4 amide bonds. The number of rotatable bonds is 12. The Morgan fingerprint density at radius 1 is 0.891 bits per heavy atom. The normalized spacial score (nSPS) is 18.4. The molecule has 17 heteroatoms. The molecule has 1 unspecified atom stereocenters. The third-order valence-corrected chi connectivity index (χ3v) is 11.4. The van der Waals surface area contributed by atoms with Crippen molar-refractivity contribution < 1.29 is 24.3 Å². The molecule has 5 aromatic rings. The lowest BCUT2D eigenvalue weighted by molar-refractivity contribution is -0.139. The van der Waals surface area contributed by atoms with Crippen LogP contribution in [0.5, 0.6) is 0 Å². The molecule has 4 aromatic heterocycles. The highest BCUT2D eigenvalue weighted by Gasteiger charge is 2.38. The summed E-state index contributed by atoms with van der Waals surface area (Å²) >= 11 is 1.56. The third kappa shape index (κ3) is 7.76. The SMILES string of the molecule is CC(=O)N[C@H](C(=O)N1CCCC1n1cc(-c2cn3cc(-c4ccc(-c5cnc([C@@H]6CCCN6C(=O)[C@@H](NC(=O)CO)C(C)C)[nH]5)cc4)sc3n2)nn1)C(C)C. The van der Waals surface area contributed by atoms with E-state index in [0.29, 0.717) is 30.3 Å². The lowest BCUT2D eigenvalue weighted by Gasteiger charge is -2.30. The number of aliphatic hydroxyl groups is 1. The van der Waals surface area contributed by atoms with Gasteiger partial charge in [-0.2, -0.15) is 0 Å². The Labute approximate surface area is 322 Å². The Hall–Kier alpha value is -5.42. The van der Waals surface area contributed by atoms with Crippen LogP contribution in [0.1, 0.15) is 78.3 Å². The summed E-state index contributed by atoms with van der Waals surface area (Å²) in [5.74, 6) is -0.582. The van der Waals surface area contributed by atoms with Crippen LogP contribution in [0, 0.1) is 11.8 Å². The number of nitrogens with one attached hydrogen (secondary N) is 3. The molecule has 4 atom stereocenters. The molecule has 2 aliphatic heterocycles. The van der Waals surface area contributed by atoms with Gasteiger partial charge in [0.05, 0.1) is 29.0 Å². The first-order valence-corrected chi connectivity index (χ1v) is 19.6. The molecule has 0 spiro atoms. The summed E-state index contributed by atoms with van der Waals surface area (Å²) in [6, 6.07) is 6.62. The van der Waals surface area contributed by atoms with Crippen LogP contribution in [-0.2, 0) is 19.2 Å². The number of amides is 4. The smallest absolute Gasteiger partial charge is 0.247 e. The number of carbonyl (C=O) groups is 4. The number of fused-ring (bicyclic) bond motifs is 1. The minimum absolute atomic E-state index is 0.0520. The molecule has 7 rings (SSSR count). The van der Waals surface area contributed by atoms with Crippen LogP contribution in [0.25, 0.3) is 38.0 Å². The number of carbonyl (C=O) groups excluding carboxylic acids is 4. The first kappa shape index (κ1) is 37.9. The molecule has 55 heavy (non-hydrogen) atoms. The maximum absolute atomic E-state index is 13.5. The van der Waals surface area contributed by atoms with Crippen molar-refractivity contribution in [3.8, 4) is 33.1 Å². The maximum Gasteiger partial charge on any atom is 0.247 e. The van der Waals surface area contributed by atoms with Gasteiger partial charge >= 0.3 is 0 Å². The third-order valence-electron chi connectivity index (χ3n) is 10.3. The summed E-state index contributed by atoms with van der Waals surface area (Å²) in [5.41, 5.74) is 4.12. The van der Waals surface area contributed by atoms with Gasteiger partial charge in [-0.1, -0.05) is 68.5 Å². The average Bonchev–Trinajstić information content (AvgIpc) is 4.00. The van der Waals surface area contributed by atoms with Gasteiger partial charge in [0.2, 0.25) is 23.6 Å². The lowest BCUT2D eigenvalue weighted by Crippen LogP contribution is -2.51. The molecule has 1 aromatic carbocycles. The van der Waals surface area contributed by atoms with E-state index in [-0.39, 0.29) is 41.8 Å². The second-order valence-corrected chi connectivity index (χ2v) is 16.0. The summed E-state index contributed by atoms with van der Waals surface area (Å²) in [5, 5.41) is 23.5. The summed E-state index contributed by atoms with van der Waals surface area (Å²) in [6.45, 7) is 9.51. The lowest BCUT2D eigenvalue weighted by atomic mass is 10.0. The van der Waals surface area contributed by atoms with Crippen molar-refractivity contribution in [1.29, 1.82) is 0 Å². The minimum atomic E-state index is -0.725. The molecule has 4 N–H and O–H groups in total. The molecule has 2 saturated heterocycles. The average molecular weight is 770 g/mol. The van der Waals surface area contributed by atoms with E-state index in [2.05, 4.69) is 43.0 Å². The molecule has 0 saturated carbocycles. The van der Waals surface area contributed by atoms with Gasteiger partial charge in [0.25, 0.3) is 0 Å². The van der Waals surface area contributed by atoms with Crippen molar-refractivity contribution in [3.05, 3.63) is 54.9 Å². The first-order chi connectivity index (χ1) is 26.4. The van der Waals surface area contributed by atoms with Gasteiger partial charge in [0.1, 0.15) is 42.1 Å². The maximum atomic E-state index is 13.5. The summed E-state index contributed by atoms with van der Waals surface area (Å²) in [7, 11) is 0. The zero-order valence-corrected chi connectivity index (χ0v) is 32.4. The van der Waals surface area contributed by atoms with E-state index in [1.54, 1.807) is 32.0 Å². The van der Waals surface area contributed by atoms with Crippen molar-refractivity contribution in [2.45, 2.75) is 84.6 Å². The van der Waals surface area contributed by atoms with Gasteiger partial charge in [0.15, 0.2) is 4.96 Å². The molecular formula is C38H47N11O5S. The fourth-order valence-corrected chi connectivity index (χ4v) is 8.45. The van der Waals surface area contributed by atoms with Crippen LogP contribution in [-0.4, -0.2) is 105 Å². The van der Waals surface area contributed by atoms with Crippen LogP contribution < -0.4 is 10.6 Å². The first-order valence-electron chi connectivity index (χ1n) is 18.8. The fraction of sp³-hybridized carbons (Fsp3) is 0.474. The highest BCUT2D eigenvalue weighted by atomic mass is 32.1. The van der Waals surface area contributed by atoms with Crippen LogP contribution in [0.15, 0.2) is 49.1 Å². The predicted molar refractivity (Wildman–Crippen MR) is 205 cm³/mol. The minimum Gasteiger partial charge on any atom is -0.387 e. The number of imidazole rings is 2. The van der Waals surface area contributed by atoms with Crippen molar-refractivity contribution in [2.24, 2.45) is 11.8 Å². The van der Waals surface area contributed by atoms with Crippen LogP contribution in [0.4, 0.5) is 0 Å². The van der Waals surface area contributed by atoms with Crippen LogP contribution >= 0.6 is 11.3 Å². The quantitative estimate of drug-likeness (QED) is 0.146. The summed E-state index contributed by atoms with van der Waals surface area (Å²) in [4.78, 5) is 69.0. The zero-order valence-electron chi connectivity index (χ0n) is 31.6. The number of aliphatic hydroxyl groups excluding tert-OH is 1. The van der Waals surface area contributed by atoms with E-state index in [1.165, 1.54) is 6.92 Å². The van der Waals surface area contributed by atoms with Crippen molar-refractivity contribution in [3.63, 3.8) is 0 Å². The largest absolute Gasteiger partial charge is 0.387 e. The van der Waals surface area contributed by atoms with Crippen molar-refractivity contribution in [1.82, 2.24) is 54.8 Å². The highest BCUT2D eigenvalue weighted by Crippen LogP contribution is 2.35. The van der Waals surface area contributed by atoms with E-state index in [9.17, 15) is 24.3 Å². The Morgan fingerprint density at radius 2 is 1.56 bits per heavy atom. The number of benzene rings is 1. The molecule has 0 radical (unpaired) electrons. The van der Waals surface area contributed by atoms with E-state index in [0.717, 1.165) is 52.3 Å². The van der Waals surface area contributed by atoms with Gasteiger partial charge in [0, 0.05) is 32.4 Å². The van der Waals surface area contributed by atoms with Crippen LogP contribution in [0.3, 0.4) is 0 Å². The second kappa shape index (κ2) is 15.7. The standard InChI is InChI=1S/C38H47N11O5S/c1-21(2)33(40-23(5)51)37(54)48-15-7-9-32(48)49-18-28(44-45-49)27-17-46-19-30(55-38(46)42-27)25-12-10-24(11-13-25)26-16-39-35(41-26)29-8-6-14-47(29)36(53)34(22(3)4)43-31(52)20-50/h10-13,16-19,21-22,29,32-34,50H,6-9,14-15,20H2,1-5H3,(H,39,41)(H,40,51)(H,43,52)/t29-,32?,33-,34-/m0/s1. The van der Waals surface area contributed by atoms with Crippen molar-refractivity contribution >= 4 is 39.9 Å². The van der Waals surface area contributed by atoms with Crippen LogP contribution in [0.2, 0.25) is 0 Å². The van der Waals surface area contributed by atoms with Gasteiger partial charge in [-0.25, -0.2) is 14.6 Å². The number of likely N-dealkylation sites (tertiary alicyclic amines) is 2. The summed E-state index contributed by atoms with van der Waals surface area (Å²) in [6.07, 6.45) is 10.5. The van der Waals surface area contributed by atoms with Gasteiger partial charge < -0.3 is 30.5 Å². The van der Waals surface area contributed by atoms with E-state index >= 15 is 0 Å². The zero-order chi connectivity index (χ0) is 39.0. The van der Waals surface area contributed by atoms with Gasteiger partial charge in [-0.15, -0.1) is 5.10 Å². The number of aromatic amines is 1. The Morgan fingerprint density at radius 3 is 2.25 bits per heavy atom. The Kier molecular flexibility index (Phi) is 10.8. The number of hydrogen-bond acceptors (Lipinski definition) is 10.